The molecule has 0 saturated carbocycles. The molecular formula is C20H28N4O2. The molecule has 6 heteroatoms. The summed E-state index contributed by atoms with van der Waals surface area (Å²) in [5, 5.41) is 0. The average molecular weight is 356 g/mol. The van der Waals surface area contributed by atoms with Crippen LogP contribution in [0.5, 0.6) is 0 Å². The van der Waals surface area contributed by atoms with Gasteiger partial charge in [0.1, 0.15) is 0 Å². The fraction of sp³-hybridized carbons (Fsp3) is 0.500. The second-order valence-electron chi connectivity index (χ2n) is 6.85. The van der Waals surface area contributed by atoms with E-state index in [4.69, 9.17) is 9.72 Å². The number of aryl methyl sites for hydroxylation is 2. The van der Waals surface area contributed by atoms with E-state index in [1.165, 1.54) is 5.56 Å². The van der Waals surface area contributed by atoms with Crippen molar-refractivity contribution in [2.75, 3.05) is 31.8 Å². The molecule has 6 nitrogen and oxygen atoms in total. The summed E-state index contributed by atoms with van der Waals surface area (Å²) in [6.45, 7) is 8.89. The minimum atomic E-state index is 0.0727. The summed E-state index contributed by atoms with van der Waals surface area (Å²) in [7, 11) is 1.72. The number of benzene rings is 1. The first-order valence-corrected chi connectivity index (χ1v) is 9.21. The van der Waals surface area contributed by atoms with Crippen LogP contribution >= 0.6 is 0 Å². The highest BCUT2D eigenvalue weighted by Gasteiger charge is 2.27. The van der Waals surface area contributed by atoms with E-state index in [0.717, 1.165) is 42.5 Å². The maximum absolute atomic E-state index is 13.0. The van der Waals surface area contributed by atoms with E-state index in [2.05, 4.69) is 41.0 Å². The predicted molar refractivity (Wildman–Crippen MR) is 104 cm³/mol. The van der Waals surface area contributed by atoms with Crippen LogP contribution in [-0.4, -0.2) is 41.4 Å². The Balaban J connectivity index is 2.03. The summed E-state index contributed by atoms with van der Waals surface area (Å²) in [6.07, 6.45) is 1.63. The Morgan fingerprint density at radius 1 is 1.15 bits per heavy atom. The van der Waals surface area contributed by atoms with Crippen molar-refractivity contribution in [2.45, 2.75) is 40.3 Å². The molecule has 0 fully saturated rings. The molecule has 0 saturated heterocycles. The third kappa shape index (κ3) is 3.66. The summed E-state index contributed by atoms with van der Waals surface area (Å²) in [5.41, 5.74) is 3.97. The second-order valence-corrected chi connectivity index (χ2v) is 6.85. The second kappa shape index (κ2) is 8.01. The number of rotatable bonds is 6. The predicted octanol–water partition coefficient (Wildman–Crippen LogP) is 2.83. The quantitative estimate of drug-likeness (QED) is 0.745. The van der Waals surface area contributed by atoms with Crippen LogP contribution in [0.25, 0.3) is 0 Å². The van der Waals surface area contributed by atoms with Crippen LogP contribution < -0.4 is 10.5 Å². The normalized spacial score (nSPS) is 14.5. The highest BCUT2D eigenvalue weighted by atomic mass is 16.5. The summed E-state index contributed by atoms with van der Waals surface area (Å²) in [4.78, 5) is 22.2. The summed E-state index contributed by atoms with van der Waals surface area (Å²) >= 11 is 0. The minimum absolute atomic E-state index is 0.0727. The molecule has 2 heterocycles. The van der Waals surface area contributed by atoms with E-state index in [9.17, 15) is 4.79 Å². The molecule has 3 rings (SSSR count). The van der Waals surface area contributed by atoms with Gasteiger partial charge in [0, 0.05) is 37.2 Å². The van der Waals surface area contributed by atoms with Gasteiger partial charge in [0.05, 0.1) is 13.3 Å². The third-order valence-corrected chi connectivity index (χ3v) is 4.90. The maximum atomic E-state index is 13.0. The van der Waals surface area contributed by atoms with Gasteiger partial charge in [-0.1, -0.05) is 24.6 Å². The lowest BCUT2D eigenvalue weighted by Crippen LogP contribution is -2.48. The molecule has 0 N–H and O–H groups in total. The molecule has 1 aromatic carbocycles. The molecule has 0 atom stereocenters. The zero-order chi connectivity index (χ0) is 18.7. The summed E-state index contributed by atoms with van der Waals surface area (Å²) in [6, 6.07) is 8.37. The standard InChI is InChI=1S/C20H28N4O2/c1-5-18-16(3)21-20-23(17-9-7-15(2)8-10-17)13-22(11-6-12-26-4)14-24(20)19(18)25/h7-10H,5-6,11-14H2,1-4H3. The molecule has 2 aromatic rings. The Kier molecular flexibility index (Phi) is 5.74. The van der Waals surface area contributed by atoms with E-state index in [1.54, 1.807) is 7.11 Å². The first-order valence-electron chi connectivity index (χ1n) is 9.21. The van der Waals surface area contributed by atoms with Crippen LogP contribution in [-0.2, 0) is 17.8 Å². The van der Waals surface area contributed by atoms with E-state index < -0.39 is 0 Å². The van der Waals surface area contributed by atoms with Crippen LogP contribution in [0, 0.1) is 13.8 Å². The van der Waals surface area contributed by atoms with Crippen molar-refractivity contribution < 1.29 is 4.74 Å². The molecule has 1 aliphatic rings. The molecule has 0 radical (unpaired) electrons. The Hall–Kier alpha value is -2.18. The van der Waals surface area contributed by atoms with Crippen LogP contribution in [0.4, 0.5) is 11.6 Å². The van der Waals surface area contributed by atoms with Gasteiger partial charge in [0.15, 0.2) is 0 Å². The number of fused-ring (bicyclic) bond motifs is 1. The first-order chi connectivity index (χ1) is 12.5. The minimum Gasteiger partial charge on any atom is -0.385 e. The number of anilines is 2. The lowest BCUT2D eigenvalue weighted by molar-refractivity contribution is 0.150. The molecule has 26 heavy (non-hydrogen) atoms. The number of hydrogen-bond donors (Lipinski definition) is 0. The van der Waals surface area contributed by atoms with Gasteiger partial charge in [-0.3, -0.25) is 19.2 Å². The molecule has 1 aliphatic heterocycles. The van der Waals surface area contributed by atoms with Gasteiger partial charge in [-0.15, -0.1) is 0 Å². The van der Waals surface area contributed by atoms with Gasteiger partial charge >= 0.3 is 0 Å². The van der Waals surface area contributed by atoms with Gasteiger partial charge < -0.3 is 4.74 Å². The van der Waals surface area contributed by atoms with Gasteiger partial charge in [0.2, 0.25) is 5.95 Å². The van der Waals surface area contributed by atoms with Crippen LogP contribution in [0.1, 0.15) is 30.2 Å². The fourth-order valence-electron chi connectivity index (χ4n) is 3.43. The highest BCUT2D eigenvalue weighted by molar-refractivity contribution is 5.58. The van der Waals surface area contributed by atoms with Crippen LogP contribution in [0.3, 0.4) is 0 Å². The molecular weight excluding hydrogens is 328 g/mol. The van der Waals surface area contributed by atoms with Crippen LogP contribution in [0.15, 0.2) is 29.1 Å². The van der Waals surface area contributed by atoms with E-state index in [0.29, 0.717) is 19.8 Å². The van der Waals surface area contributed by atoms with E-state index in [1.807, 2.05) is 18.4 Å². The monoisotopic (exact) mass is 356 g/mol. The van der Waals surface area contributed by atoms with Gasteiger partial charge in [-0.05, 0) is 38.8 Å². The highest BCUT2D eigenvalue weighted by Crippen LogP contribution is 2.28. The fourth-order valence-corrected chi connectivity index (χ4v) is 3.43. The van der Waals surface area contributed by atoms with Gasteiger partial charge in [-0.2, -0.15) is 0 Å². The molecule has 0 bridgehead atoms. The molecule has 0 aliphatic carbocycles. The zero-order valence-electron chi connectivity index (χ0n) is 16.2. The molecule has 0 unspecified atom stereocenters. The van der Waals surface area contributed by atoms with Crippen molar-refractivity contribution in [1.29, 1.82) is 0 Å². The van der Waals surface area contributed by atoms with Crippen molar-refractivity contribution >= 4 is 11.6 Å². The number of aromatic nitrogens is 2. The maximum Gasteiger partial charge on any atom is 0.259 e. The Morgan fingerprint density at radius 3 is 2.54 bits per heavy atom. The number of methoxy groups -OCH3 is 1. The van der Waals surface area contributed by atoms with E-state index >= 15 is 0 Å². The topological polar surface area (TPSA) is 50.6 Å². The summed E-state index contributed by atoms with van der Waals surface area (Å²) in [5.74, 6) is 0.733. The van der Waals surface area contributed by atoms with Crippen LogP contribution in [0.2, 0.25) is 0 Å². The Bertz CT molecular complexity index is 814. The molecule has 1 aromatic heterocycles. The van der Waals surface area contributed by atoms with Crippen molar-refractivity contribution in [3.63, 3.8) is 0 Å². The smallest absolute Gasteiger partial charge is 0.259 e. The molecule has 0 amide bonds. The van der Waals surface area contributed by atoms with Gasteiger partial charge in [-0.25, -0.2) is 4.98 Å². The van der Waals surface area contributed by atoms with Crippen molar-refractivity contribution in [1.82, 2.24) is 14.5 Å². The largest absolute Gasteiger partial charge is 0.385 e. The summed E-state index contributed by atoms with van der Waals surface area (Å²) < 4.78 is 6.99. The molecule has 140 valence electrons. The Labute approximate surface area is 155 Å². The number of nitrogens with zero attached hydrogens (tertiary/aromatic N) is 4. The van der Waals surface area contributed by atoms with Crippen molar-refractivity contribution in [3.8, 4) is 0 Å². The van der Waals surface area contributed by atoms with E-state index in [-0.39, 0.29) is 5.56 Å². The van der Waals surface area contributed by atoms with Crippen molar-refractivity contribution in [3.05, 3.63) is 51.4 Å². The number of hydrogen-bond acceptors (Lipinski definition) is 5. The lowest BCUT2D eigenvalue weighted by atomic mass is 10.2. The first kappa shape index (κ1) is 18.6. The Morgan fingerprint density at radius 2 is 1.88 bits per heavy atom. The number of ether oxygens (including phenoxy) is 1. The lowest BCUT2D eigenvalue weighted by Gasteiger charge is -2.38. The zero-order valence-corrected chi connectivity index (χ0v) is 16.2. The average Bonchev–Trinajstić information content (AvgIpc) is 2.63. The SMILES string of the molecule is CCc1c(C)nc2n(c1=O)CN(CCCOC)CN2c1ccc(C)cc1. The molecule has 0 spiro atoms. The van der Waals surface area contributed by atoms with Crippen molar-refractivity contribution in [2.24, 2.45) is 0 Å². The third-order valence-electron chi connectivity index (χ3n) is 4.90. The van der Waals surface area contributed by atoms with Gasteiger partial charge in [0.25, 0.3) is 5.56 Å².